The summed E-state index contributed by atoms with van der Waals surface area (Å²) >= 11 is 0. The number of rotatable bonds is 5. The van der Waals surface area contributed by atoms with Crippen LogP contribution < -0.4 is 4.90 Å². The third-order valence-corrected chi connectivity index (χ3v) is 2.83. The summed E-state index contributed by atoms with van der Waals surface area (Å²) in [5.41, 5.74) is 1.69. The van der Waals surface area contributed by atoms with Crippen molar-refractivity contribution in [2.45, 2.75) is 19.9 Å². The minimum atomic E-state index is -0.857. The number of carboxylic acid groups (broad SMARTS) is 1. The fourth-order valence-corrected chi connectivity index (χ4v) is 2.08. The number of nitrogens with zero attached hydrogens (tertiary/aromatic N) is 3. The summed E-state index contributed by atoms with van der Waals surface area (Å²) in [5, 5.41) is 9.01. The van der Waals surface area contributed by atoms with E-state index in [1.165, 1.54) is 0 Å². The van der Waals surface area contributed by atoms with Crippen LogP contribution in [0.2, 0.25) is 0 Å². The fraction of sp³-hybridized carbons (Fsp3) is 0.385. The van der Waals surface area contributed by atoms with Gasteiger partial charge in [0.05, 0.1) is 11.0 Å². The Labute approximate surface area is 106 Å². The second kappa shape index (κ2) is 5.08. The molecule has 0 aliphatic carbocycles. The summed E-state index contributed by atoms with van der Waals surface area (Å²) in [5.74, 6) is -0.148. The van der Waals surface area contributed by atoms with Crippen molar-refractivity contribution < 1.29 is 9.90 Å². The van der Waals surface area contributed by atoms with Crippen molar-refractivity contribution in [3.05, 3.63) is 24.3 Å². The zero-order chi connectivity index (χ0) is 13.1. The standard InChI is InChI=1S/C13H17N3O2/c1-3-8-15(2)13-14-10-6-4-5-7-11(10)16(13)9-12(17)18/h4-7H,3,8-9H2,1-2H3,(H,17,18). The van der Waals surface area contributed by atoms with Crippen molar-refractivity contribution in [2.75, 3.05) is 18.5 Å². The largest absolute Gasteiger partial charge is 0.480 e. The Morgan fingerprint density at radius 1 is 1.44 bits per heavy atom. The molecule has 5 nitrogen and oxygen atoms in total. The van der Waals surface area contributed by atoms with E-state index in [1.807, 2.05) is 36.2 Å². The Balaban J connectivity index is 2.52. The number of aromatic nitrogens is 2. The number of para-hydroxylation sites is 2. The van der Waals surface area contributed by atoms with Gasteiger partial charge in [0.15, 0.2) is 0 Å². The number of benzene rings is 1. The van der Waals surface area contributed by atoms with Crippen LogP contribution in [0.15, 0.2) is 24.3 Å². The molecular weight excluding hydrogens is 230 g/mol. The van der Waals surface area contributed by atoms with Gasteiger partial charge in [0.25, 0.3) is 0 Å². The molecule has 0 fully saturated rings. The minimum Gasteiger partial charge on any atom is -0.480 e. The highest BCUT2D eigenvalue weighted by Crippen LogP contribution is 2.21. The zero-order valence-electron chi connectivity index (χ0n) is 10.6. The number of imidazole rings is 1. The van der Waals surface area contributed by atoms with Gasteiger partial charge in [-0.1, -0.05) is 19.1 Å². The van der Waals surface area contributed by atoms with Crippen molar-refractivity contribution >= 4 is 23.0 Å². The Kier molecular flexibility index (Phi) is 3.50. The van der Waals surface area contributed by atoms with E-state index in [2.05, 4.69) is 11.9 Å². The molecule has 0 aliphatic heterocycles. The molecule has 1 aromatic carbocycles. The maximum Gasteiger partial charge on any atom is 0.323 e. The molecule has 0 saturated heterocycles. The molecule has 0 radical (unpaired) electrons. The van der Waals surface area contributed by atoms with Gasteiger partial charge in [-0.2, -0.15) is 0 Å². The van der Waals surface area contributed by atoms with Crippen LogP contribution in [0.3, 0.4) is 0 Å². The molecule has 0 aliphatic rings. The highest BCUT2D eigenvalue weighted by atomic mass is 16.4. The molecule has 0 bridgehead atoms. The molecule has 1 heterocycles. The van der Waals surface area contributed by atoms with Gasteiger partial charge in [-0.15, -0.1) is 0 Å². The maximum absolute atomic E-state index is 11.0. The second-order valence-corrected chi connectivity index (χ2v) is 4.30. The molecule has 0 saturated carbocycles. The Bertz CT molecular complexity index is 562. The number of fused-ring (bicyclic) bond motifs is 1. The number of carboxylic acids is 1. The van der Waals surface area contributed by atoms with Gasteiger partial charge < -0.3 is 10.0 Å². The molecule has 1 aromatic heterocycles. The normalized spacial score (nSPS) is 10.8. The van der Waals surface area contributed by atoms with Gasteiger partial charge in [0.2, 0.25) is 5.95 Å². The molecule has 2 rings (SSSR count). The molecule has 2 aromatic rings. The lowest BCUT2D eigenvalue weighted by atomic mass is 10.3. The number of carbonyl (C=O) groups is 1. The summed E-state index contributed by atoms with van der Waals surface area (Å²) in [7, 11) is 1.93. The van der Waals surface area contributed by atoms with E-state index < -0.39 is 5.97 Å². The number of aliphatic carboxylic acids is 1. The van der Waals surface area contributed by atoms with Crippen molar-refractivity contribution in [3.8, 4) is 0 Å². The minimum absolute atomic E-state index is 0.0656. The van der Waals surface area contributed by atoms with E-state index in [0.29, 0.717) is 5.95 Å². The van der Waals surface area contributed by atoms with Crippen molar-refractivity contribution in [3.63, 3.8) is 0 Å². The first-order chi connectivity index (χ1) is 8.63. The van der Waals surface area contributed by atoms with Gasteiger partial charge in [0, 0.05) is 13.6 Å². The molecular formula is C13H17N3O2. The smallest absolute Gasteiger partial charge is 0.323 e. The number of hydrogen-bond donors (Lipinski definition) is 1. The van der Waals surface area contributed by atoms with E-state index in [4.69, 9.17) is 5.11 Å². The monoisotopic (exact) mass is 247 g/mol. The van der Waals surface area contributed by atoms with Gasteiger partial charge in [-0.3, -0.25) is 9.36 Å². The van der Waals surface area contributed by atoms with Crippen molar-refractivity contribution in [2.24, 2.45) is 0 Å². The molecule has 5 heteroatoms. The zero-order valence-corrected chi connectivity index (χ0v) is 10.6. The topological polar surface area (TPSA) is 58.4 Å². The van der Waals surface area contributed by atoms with E-state index in [-0.39, 0.29) is 6.54 Å². The second-order valence-electron chi connectivity index (χ2n) is 4.30. The van der Waals surface area contributed by atoms with Crippen LogP contribution in [0.1, 0.15) is 13.3 Å². The highest BCUT2D eigenvalue weighted by Gasteiger charge is 2.15. The van der Waals surface area contributed by atoms with E-state index in [9.17, 15) is 4.79 Å². The average molecular weight is 247 g/mol. The van der Waals surface area contributed by atoms with Crippen LogP contribution >= 0.6 is 0 Å². The molecule has 0 atom stereocenters. The van der Waals surface area contributed by atoms with Crippen LogP contribution in [0.4, 0.5) is 5.95 Å². The van der Waals surface area contributed by atoms with Crippen molar-refractivity contribution in [1.29, 1.82) is 0 Å². The SMILES string of the molecule is CCCN(C)c1nc2ccccc2n1CC(=O)O. The van der Waals surface area contributed by atoms with Crippen LogP contribution in [0.5, 0.6) is 0 Å². The summed E-state index contributed by atoms with van der Waals surface area (Å²) in [4.78, 5) is 17.5. The molecule has 18 heavy (non-hydrogen) atoms. The predicted molar refractivity (Wildman–Crippen MR) is 70.9 cm³/mol. The third-order valence-electron chi connectivity index (χ3n) is 2.83. The van der Waals surface area contributed by atoms with Crippen LogP contribution in [-0.4, -0.2) is 34.2 Å². The average Bonchev–Trinajstić information content (AvgIpc) is 2.68. The summed E-state index contributed by atoms with van der Waals surface area (Å²) in [6, 6.07) is 7.60. The summed E-state index contributed by atoms with van der Waals surface area (Å²) < 4.78 is 1.74. The Hall–Kier alpha value is -2.04. The molecule has 96 valence electrons. The number of hydrogen-bond acceptors (Lipinski definition) is 3. The Morgan fingerprint density at radius 2 is 2.17 bits per heavy atom. The van der Waals surface area contributed by atoms with Crippen LogP contribution in [-0.2, 0) is 11.3 Å². The highest BCUT2D eigenvalue weighted by molar-refractivity contribution is 5.81. The predicted octanol–water partition coefficient (Wildman–Crippen LogP) is 1.97. The van der Waals surface area contributed by atoms with Gasteiger partial charge >= 0.3 is 5.97 Å². The molecule has 0 unspecified atom stereocenters. The van der Waals surface area contributed by atoms with Crippen molar-refractivity contribution in [1.82, 2.24) is 9.55 Å². The first-order valence-corrected chi connectivity index (χ1v) is 6.01. The quantitative estimate of drug-likeness (QED) is 0.877. The Morgan fingerprint density at radius 3 is 2.83 bits per heavy atom. The lowest BCUT2D eigenvalue weighted by Gasteiger charge is -2.18. The molecule has 1 N–H and O–H groups in total. The first kappa shape index (κ1) is 12.4. The lowest BCUT2D eigenvalue weighted by molar-refractivity contribution is -0.137. The van der Waals surface area contributed by atoms with Crippen LogP contribution in [0.25, 0.3) is 11.0 Å². The van der Waals surface area contributed by atoms with Gasteiger partial charge in [-0.25, -0.2) is 4.98 Å². The van der Waals surface area contributed by atoms with E-state index in [0.717, 1.165) is 24.0 Å². The van der Waals surface area contributed by atoms with E-state index in [1.54, 1.807) is 4.57 Å². The first-order valence-electron chi connectivity index (χ1n) is 6.01. The van der Waals surface area contributed by atoms with Gasteiger partial charge in [0.1, 0.15) is 6.54 Å². The van der Waals surface area contributed by atoms with Gasteiger partial charge in [-0.05, 0) is 18.6 Å². The third kappa shape index (κ3) is 2.30. The fourth-order valence-electron chi connectivity index (χ4n) is 2.08. The number of anilines is 1. The van der Waals surface area contributed by atoms with Crippen LogP contribution in [0, 0.1) is 0 Å². The lowest BCUT2D eigenvalue weighted by Crippen LogP contribution is -2.23. The summed E-state index contributed by atoms with van der Waals surface area (Å²) in [6.45, 7) is 2.87. The maximum atomic E-state index is 11.0. The summed E-state index contributed by atoms with van der Waals surface area (Å²) in [6.07, 6.45) is 0.993. The van der Waals surface area contributed by atoms with E-state index >= 15 is 0 Å². The molecule has 0 amide bonds. The molecule has 0 spiro atoms.